The van der Waals surface area contributed by atoms with E-state index in [0.717, 1.165) is 103 Å². The fourth-order valence-corrected chi connectivity index (χ4v) is 10.4. The van der Waals surface area contributed by atoms with E-state index in [0.29, 0.717) is 19.3 Å². The molecule has 1 unspecified atom stereocenters. The van der Waals surface area contributed by atoms with Crippen molar-refractivity contribution < 1.29 is 28.6 Å². The van der Waals surface area contributed by atoms with Crippen LogP contribution in [0.25, 0.3) is 0 Å². The molecule has 0 aliphatic rings. The molecule has 82 heavy (non-hydrogen) atoms. The first-order valence-electron chi connectivity index (χ1n) is 35.6. The van der Waals surface area contributed by atoms with E-state index >= 15 is 0 Å². The van der Waals surface area contributed by atoms with Crippen LogP contribution in [0.2, 0.25) is 0 Å². The molecule has 6 heteroatoms. The number of esters is 3. The third-order valence-electron chi connectivity index (χ3n) is 15.7. The Kier molecular flexibility index (Phi) is 67.2. The van der Waals surface area contributed by atoms with Gasteiger partial charge in [-0.25, -0.2) is 0 Å². The van der Waals surface area contributed by atoms with Gasteiger partial charge in [0.15, 0.2) is 6.10 Å². The van der Waals surface area contributed by atoms with E-state index < -0.39 is 6.10 Å². The molecule has 0 aliphatic heterocycles. The standard InChI is InChI=1S/C76H134O6/c1-4-7-10-13-16-19-22-24-26-28-30-31-32-33-34-35-36-37-38-39-40-41-42-43-44-45-46-48-49-51-54-57-60-63-66-69-75(78)81-72-73(71-80-74(77)68-65-62-59-56-53-21-18-15-12-9-6-3)82-76(79)70-67-64-61-58-55-52-50-47-29-27-25-23-20-17-14-11-8-5-2/h7,10,16,19,24,26,30-31,33-34,36-37,39-40,73H,4-6,8-9,11-15,17-18,20-23,25,27-29,32,35,38,41-72H2,1-3H3/b10-7-,19-16-,26-24-,31-30-,34-33-,37-36-,40-39-. The van der Waals surface area contributed by atoms with Gasteiger partial charge in [-0.15, -0.1) is 0 Å². The van der Waals surface area contributed by atoms with Crippen molar-refractivity contribution in [1.29, 1.82) is 0 Å². The molecule has 0 aromatic carbocycles. The average molecular weight is 1140 g/mol. The van der Waals surface area contributed by atoms with Gasteiger partial charge in [0.1, 0.15) is 13.2 Å². The van der Waals surface area contributed by atoms with Crippen LogP contribution in [0.1, 0.15) is 361 Å². The highest BCUT2D eigenvalue weighted by atomic mass is 16.6. The highest BCUT2D eigenvalue weighted by molar-refractivity contribution is 5.71. The summed E-state index contributed by atoms with van der Waals surface area (Å²) in [4.78, 5) is 38.3. The van der Waals surface area contributed by atoms with E-state index in [1.165, 1.54) is 218 Å². The molecule has 0 aromatic rings. The molecular weight excluding hydrogens is 1010 g/mol. The normalized spacial score (nSPS) is 12.6. The lowest BCUT2D eigenvalue weighted by atomic mass is 10.0. The fraction of sp³-hybridized carbons (Fsp3) is 0.776. The van der Waals surface area contributed by atoms with Crippen LogP contribution in [-0.2, 0) is 28.6 Å². The zero-order valence-electron chi connectivity index (χ0n) is 54.5. The summed E-state index contributed by atoms with van der Waals surface area (Å²) in [6.07, 6.45) is 93.3. The molecule has 0 bridgehead atoms. The van der Waals surface area contributed by atoms with Gasteiger partial charge in [-0.2, -0.15) is 0 Å². The number of rotatable bonds is 65. The fourth-order valence-electron chi connectivity index (χ4n) is 10.4. The zero-order valence-corrected chi connectivity index (χ0v) is 54.5. The van der Waals surface area contributed by atoms with Crippen LogP contribution >= 0.6 is 0 Å². The van der Waals surface area contributed by atoms with Crippen LogP contribution in [0, 0.1) is 0 Å². The van der Waals surface area contributed by atoms with Gasteiger partial charge in [0.2, 0.25) is 0 Å². The number of allylic oxidation sites excluding steroid dienone is 14. The van der Waals surface area contributed by atoms with E-state index in [-0.39, 0.29) is 31.1 Å². The summed E-state index contributed by atoms with van der Waals surface area (Å²) in [7, 11) is 0. The number of hydrogen-bond donors (Lipinski definition) is 0. The van der Waals surface area contributed by atoms with Gasteiger partial charge in [0, 0.05) is 19.3 Å². The SMILES string of the molecule is CC/C=C\C/C=C\C/C=C\C/C=C\C/C=C\C/C=C\C/C=C\CCCCCCCCCCCCCCCC(=O)OCC(COC(=O)CCCCCCCCCCCCC)OC(=O)CCCCCCCCCCCCCCCCCCCC. The Hall–Kier alpha value is -3.41. The largest absolute Gasteiger partial charge is 0.462 e. The van der Waals surface area contributed by atoms with Gasteiger partial charge in [-0.05, 0) is 77.0 Å². The predicted molar refractivity (Wildman–Crippen MR) is 358 cm³/mol. The second-order valence-electron chi connectivity index (χ2n) is 23.8. The number of ether oxygens (including phenoxy) is 3. The molecule has 0 radical (unpaired) electrons. The minimum atomic E-state index is -0.772. The van der Waals surface area contributed by atoms with Crippen molar-refractivity contribution in [2.75, 3.05) is 13.2 Å². The van der Waals surface area contributed by atoms with Crippen molar-refractivity contribution in [2.45, 2.75) is 367 Å². The van der Waals surface area contributed by atoms with Gasteiger partial charge in [-0.1, -0.05) is 350 Å². The molecule has 0 aromatic heterocycles. The second kappa shape index (κ2) is 70.1. The number of carbonyl (C=O) groups excluding carboxylic acids is 3. The molecule has 0 saturated carbocycles. The minimum Gasteiger partial charge on any atom is -0.462 e. The zero-order chi connectivity index (χ0) is 59.2. The first-order valence-corrected chi connectivity index (χ1v) is 35.6. The Morgan fingerprint density at radius 2 is 0.476 bits per heavy atom. The Labute approximate surface area is 509 Å². The maximum absolute atomic E-state index is 12.9. The highest BCUT2D eigenvalue weighted by Crippen LogP contribution is 2.18. The molecule has 0 rings (SSSR count). The molecule has 474 valence electrons. The molecular formula is C76H134O6. The molecule has 0 heterocycles. The van der Waals surface area contributed by atoms with Crippen molar-refractivity contribution in [1.82, 2.24) is 0 Å². The summed E-state index contributed by atoms with van der Waals surface area (Å²) in [5, 5.41) is 0. The summed E-state index contributed by atoms with van der Waals surface area (Å²) in [6, 6.07) is 0. The molecule has 0 aliphatic carbocycles. The summed E-state index contributed by atoms with van der Waals surface area (Å²) < 4.78 is 17.0. The third-order valence-corrected chi connectivity index (χ3v) is 15.7. The van der Waals surface area contributed by atoms with Crippen LogP contribution in [-0.4, -0.2) is 37.2 Å². The third kappa shape index (κ3) is 67.4. The van der Waals surface area contributed by atoms with Crippen LogP contribution < -0.4 is 0 Å². The van der Waals surface area contributed by atoms with Crippen molar-refractivity contribution in [3.63, 3.8) is 0 Å². The first kappa shape index (κ1) is 78.6. The van der Waals surface area contributed by atoms with Gasteiger partial charge in [-0.3, -0.25) is 14.4 Å². The Balaban J connectivity index is 4.14. The van der Waals surface area contributed by atoms with Gasteiger partial charge in [0.05, 0.1) is 0 Å². The molecule has 6 nitrogen and oxygen atoms in total. The van der Waals surface area contributed by atoms with Crippen LogP contribution in [0.4, 0.5) is 0 Å². The van der Waals surface area contributed by atoms with E-state index in [1.54, 1.807) is 0 Å². The van der Waals surface area contributed by atoms with Crippen LogP contribution in [0.3, 0.4) is 0 Å². The Bertz CT molecular complexity index is 1550. The van der Waals surface area contributed by atoms with Crippen molar-refractivity contribution in [3.8, 4) is 0 Å². The molecule has 0 N–H and O–H groups in total. The maximum atomic E-state index is 12.9. The topological polar surface area (TPSA) is 78.9 Å². The number of carbonyl (C=O) groups is 3. The molecule has 0 amide bonds. The lowest BCUT2D eigenvalue weighted by molar-refractivity contribution is -0.167. The van der Waals surface area contributed by atoms with E-state index in [2.05, 4.69) is 106 Å². The number of unbranched alkanes of at least 4 members (excludes halogenated alkanes) is 40. The van der Waals surface area contributed by atoms with Gasteiger partial charge >= 0.3 is 17.9 Å². The lowest BCUT2D eigenvalue weighted by Gasteiger charge is -2.18. The average Bonchev–Trinajstić information content (AvgIpc) is 3.47. The lowest BCUT2D eigenvalue weighted by Crippen LogP contribution is -2.30. The van der Waals surface area contributed by atoms with Gasteiger partial charge < -0.3 is 14.2 Å². The van der Waals surface area contributed by atoms with Crippen LogP contribution in [0.15, 0.2) is 85.1 Å². The Morgan fingerprint density at radius 1 is 0.256 bits per heavy atom. The van der Waals surface area contributed by atoms with E-state index in [1.807, 2.05) is 0 Å². The van der Waals surface area contributed by atoms with Crippen molar-refractivity contribution in [3.05, 3.63) is 85.1 Å². The summed E-state index contributed by atoms with van der Waals surface area (Å²) in [5.74, 6) is -0.849. The smallest absolute Gasteiger partial charge is 0.306 e. The Morgan fingerprint density at radius 3 is 0.744 bits per heavy atom. The molecule has 0 spiro atoms. The summed E-state index contributed by atoms with van der Waals surface area (Å²) in [5.41, 5.74) is 0. The van der Waals surface area contributed by atoms with Crippen molar-refractivity contribution >= 4 is 17.9 Å². The van der Waals surface area contributed by atoms with Crippen LogP contribution in [0.5, 0.6) is 0 Å². The van der Waals surface area contributed by atoms with Gasteiger partial charge in [0.25, 0.3) is 0 Å². The predicted octanol–water partition coefficient (Wildman–Crippen LogP) is 24.6. The maximum Gasteiger partial charge on any atom is 0.306 e. The number of hydrogen-bond acceptors (Lipinski definition) is 6. The van der Waals surface area contributed by atoms with E-state index in [9.17, 15) is 14.4 Å². The first-order chi connectivity index (χ1) is 40.5. The molecule has 0 saturated heterocycles. The molecule has 1 atom stereocenters. The molecule has 0 fully saturated rings. The minimum absolute atomic E-state index is 0.0693. The summed E-state index contributed by atoms with van der Waals surface area (Å²) in [6.45, 7) is 6.57. The van der Waals surface area contributed by atoms with Crippen molar-refractivity contribution in [2.24, 2.45) is 0 Å². The summed E-state index contributed by atoms with van der Waals surface area (Å²) >= 11 is 0. The second-order valence-corrected chi connectivity index (χ2v) is 23.8. The quantitative estimate of drug-likeness (QED) is 0.0261. The van der Waals surface area contributed by atoms with E-state index in [4.69, 9.17) is 14.2 Å². The monoisotopic (exact) mass is 1140 g/mol. The highest BCUT2D eigenvalue weighted by Gasteiger charge is 2.19.